The second-order valence-corrected chi connectivity index (χ2v) is 9.34. The van der Waals surface area contributed by atoms with Gasteiger partial charge in [0.1, 0.15) is 0 Å². The third kappa shape index (κ3) is 4.96. The van der Waals surface area contributed by atoms with Gasteiger partial charge in [-0.3, -0.25) is 14.3 Å². The first-order chi connectivity index (χ1) is 15.4. The standard InChI is InChI=1S/C26H29N3O2S/c1-18-15-19(2)29(27-18)16-20-6-8-22(9-7-20)26(31)28-14-4-5-23(17-28)25(30)21-10-12-24(32-3)13-11-21/h6-13,15,23H,4-5,14,16-17H2,1-3H3. The van der Waals surface area contributed by atoms with E-state index in [1.807, 2.05) is 78.2 Å². The summed E-state index contributed by atoms with van der Waals surface area (Å²) in [4.78, 5) is 29.1. The molecule has 0 aliphatic carbocycles. The summed E-state index contributed by atoms with van der Waals surface area (Å²) in [5.74, 6) is -0.00795. The number of aryl methyl sites for hydroxylation is 2. The van der Waals surface area contributed by atoms with Crippen LogP contribution in [0.4, 0.5) is 0 Å². The first-order valence-corrected chi connectivity index (χ1v) is 12.2. The molecular weight excluding hydrogens is 418 g/mol. The Balaban J connectivity index is 1.41. The maximum Gasteiger partial charge on any atom is 0.253 e. The van der Waals surface area contributed by atoms with Gasteiger partial charge in [0.2, 0.25) is 0 Å². The normalized spacial score (nSPS) is 16.2. The van der Waals surface area contributed by atoms with Crippen LogP contribution in [0.1, 0.15) is 50.5 Å². The Labute approximate surface area is 193 Å². The summed E-state index contributed by atoms with van der Waals surface area (Å²) >= 11 is 1.66. The zero-order valence-electron chi connectivity index (χ0n) is 18.9. The van der Waals surface area contributed by atoms with Crippen molar-refractivity contribution < 1.29 is 9.59 Å². The Morgan fingerprint density at radius 2 is 1.72 bits per heavy atom. The molecule has 0 spiro atoms. The van der Waals surface area contributed by atoms with Gasteiger partial charge in [0.15, 0.2) is 5.78 Å². The Morgan fingerprint density at radius 1 is 1.03 bits per heavy atom. The van der Waals surface area contributed by atoms with Crippen molar-refractivity contribution in [2.75, 3.05) is 19.3 Å². The SMILES string of the molecule is CSc1ccc(C(=O)C2CCCN(C(=O)c3ccc(Cn4nc(C)cc4C)cc3)C2)cc1. The highest BCUT2D eigenvalue weighted by Gasteiger charge is 2.29. The van der Waals surface area contributed by atoms with E-state index >= 15 is 0 Å². The Hall–Kier alpha value is -2.86. The molecule has 2 heterocycles. The lowest BCUT2D eigenvalue weighted by molar-refractivity contribution is 0.0637. The molecule has 1 aliphatic rings. The molecule has 6 heteroatoms. The molecule has 1 amide bonds. The van der Waals surface area contributed by atoms with Gasteiger partial charge in [-0.25, -0.2) is 0 Å². The zero-order valence-corrected chi connectivity index (χ0v) is 19.7. The molecule has 1 unspecified atom stereocenters. The van der Waals surface area contributed by atoms with Crippen LogP contribution in [0, 0.1) is 19.8 Å². The molecule has 1 saturated heterocycles. The fourth-order valence-corrected chi connectivity index (χ4v) is 4.72. The van der Waals surface area contributed by atoms with Gasteiger partial charge < -0.3 is 4.90 Å². The average Bonchev–Trinajstić information content (AvgIpc) is 3.15. The van der Waals surface area contributed by atoms with Crippen LogP contribution in [-0.2, 0) is 6.54 Å². The van der Waals surface area contributed by atoms with Crippen molar-refractivity contribution in [3.8, 4) is 0 Å². The molecule has 1 aromatic heterocycles. The number of hydrogen-bond acceptors (Lipinski definition) is 4. The molecule has 0 bridgehead atoms. The fraction of sp³-hybridized carbons (Fsp3) is 0.346. The molecule has 5 nitrogen and oxygen atoms in total. The number of carbonyl (C=O) groups is 2. The molecule has 0 radical (unpaired) electrons. The number of benzene rings is 2. The summed E-state index contributed by atoms with van der Waals surface area (Å²) in [7, 11) is 0. The van der Waals surface area contributed by atoms with Crippen molar-refractivity contribution in [1.82, 2.24) is 14.7 Å². The molecule has 4 rings (SSSR count). The molecule has 3 aromatic rings. The number of amides is 1. The second-order valence-electron chi connectivity index (χ2n) is 8.46. The summed E-state index contributed by atoms with van der Waals surface area (Å²) in [5, 5.41) is 4.50. The van der Waals surface area contributed by atoms with Crippen molar-refractivity contribution in [2.45, 2.75) is 38.1 Å². The highest BCUT2D eigenvalue weighted by atomic mass is 32.2. The van der Waals surface area contributed by atoms with Gasteiger partial charge in [-0.05, 0) is 68.8 Å². The largest absolute Gasteiger partial charge is 0.338 e. The van der Waals surface area contributed by atoms with E-state index in [0.717, 1.165) is 40.3 Å². The minimum Gasteiger partial charge on any atom is -0.338 e. The predicted octanol–water partition coefficient (Wildman–Crippen LogP) is 5.01. The molecule has 0 saturated carbocycles. The molecule has 0 N–H and O–H groups in total. The summed E-state index contributed by atoms with van der Waals surface area (Å²) in [6, 6.07) is 17.6. The van der Waals surface area contributed by atoms with E-state index in [-0.39, 0.29) is 17.6 Å². The highest BCUT2D eigenvalue weighted by molar-refractivity contribution is 7.98. The van der Waals surface area contributed by atoms with Crippen molar-refractivity contribution in [1.29, 1.82) is 0 Å². The van der Waals surface area contributed by atoms with E-state index < -0.39 is 0 Å². The Bertz CT molecular complexity index is 1100. The van der Waals surface area contributed by atoms with Gasteiger partial charge in [-0.1, -0.05) is 24.3 Å². The van der Waals surface area contributed by atoms with Crippen LogP contribution in [0.2, 0.25) is 0 Å². The maximum atomic E-state index is 13.1. The van der Waals surface area contributed by atoms with Gasteiger partial charge in [-0.2, -0.15) is 5.10 Å². The lowest BCUT2D eigenvalue weighted by Gasteiger charge is -2.32. The van der Waals surface area contributed by atoms with Gasteiger partial charge in [0.25, 0.3) is 5.91 Å². The monoisotopic (exact) mass is 447 g/mol. The zero-order chi connectivity index (χ0) is 22.7. The first kappa shape index (κ1) is 22.3. The summed E-state index contributed by atoms with van der Waals surface area (Å²) in [6.45, 7) is 5.89. The molecule has 1 fully saturated rings. The van der Waals surface area contributed by atoms with Crippen molar-refractivity contribution in [3.05, 3.63) is 82.7 Å². The number of piperidine rings is 1. The number of likely N-dealkylation sites (tertiary alicyclic amines) is 1. The minimum atomic E-state index is -0.141. The highest BCUT2D eigenvalue weighted by Crippen LogP contribution is 2.24. The second kappa shape index (κ2) is 9.74. The summed E-state index contributed by atoms with van der Waals surface area (Å²) in [6.07, 6.45) is 3.70. The number of hydrogen-bond donors (Lipinski definition) is 0. The number of ketones is 1. The molecular formula is C26H29N3O2S. The lowest BCUT2D eigenvalue weighted by Crippen LogP contribution is -2.42. The quantitative estimate of drug-likeness (QED) is 0.394. The summed E-state index contributed by atoms with van der Waals surface area (Å²) < 4.78 is 1.97. The molecule has 166 valence electrons. The van der Waals surface area contributed by atoms with Crippen LogP contribution >= 0.6 is 11.8 Å². The topological polar surface area (TPSA) is 55.2 Å². The Morgan fingerprint density at radius 3 is 2.34 bits per heavy atom. The number of thioether (sulfide) groups is 1. The third-order valence-corrected chi connectivity index (χ3v) is 6.83. The van der Waals surface area contributed by atoms with Crippen molar-refractivity contribution in [3.63, 3.8) is 0 Å². The minimum absolute atomic E-state index is 0.00195. The Kier molecular flexibility index (Phi) is 6.80. The number of Topliss-reactive ketones (excluding diaryl/α,β-unsaturated/α-hetero) is 1. The molecule has 1 atom stereocenters. The number of nitrogens with zero attached hydrogens (tertiary/aromatic N) is 3. The van der Waals surface area contributed by atoms with Gasteiger partial charge in [0, 0.05) is 40.7 Å². The fourth-order valence-electron chi connectivity index (χ4n) is 4.31. The lowest BCUT2D eigenvalue weighted by atomic mass is 9.89. The van der Waals surface area contributed by atoms with Crippen LogP contribution in [-0.4, -0.2) is 45.7 Å². The van der Waals surface area contributed by atoms with Crippen LogP contribution in [0.15, 0.2) is 59.5 Å². The van der Waals surface area contributed by atoms with Crippen molar-refractivity contribution in [2.24, 2.45) is 5.92 Å². The van der Waals surface area contributed by atoms with Crippen LogP contribution < -0.4 is 0 Å². The average molecular weight is 448 g/mol. The van der Waals surface area contributed by atoms with E-state index in [4.69, 9.17) is 0 Å². The maximum absolute atomic E-state index is 13.1. The number of rotatable bonds is 6. The predicted molar refractivity (Wildman–Crippen MR) is 128 cm³/mol. The van der Waals surface area contributed by atoms with Gasteiger partial charge >= 0.3 is 0 Å². The molecule has 32 heavy (non-hydrogen) atoms. The van der Waals surface area contributed by atoms with Crippen LogP contribution in [0.5, 0.6) is 0 Å². The molecule has 1 aliphatic heterocycles. The smallest absolute Gasteiger partial charge is 0.253 e. The van der Waals surface area contributed by atoms with Crippen molar-refractivity contribution >= 4 is 23.5 Å². The van der Waals surface area contributed by atoms with Crippen LogP contribution in [0.25, 0.3) is 0 Å². The summed E-state index contributed by atoms with van der Waals surface area (Å²) in [5.41, 5.74) is 4.63. The third-order valence-electron chi connectivity index (χ3n) is 6.09. The number of carbonyl (C=O) groups excluding carboxylic acids is 2. The number of aromatic nitrogens is 2. The van der Waals surface area contributed by atoms with E-state index in [0.29, 0.717) is 25.2 Å². The van der Waals surface area contributed by atoms with Gasteiger partial charge in [0.05, 0.1) is 12.2 Å². The van der Waals surface area contributed by atoms with Crippen LogP contribution in [0.3, 0.4) is 0 Å². The van der Waals surface area contributed by atoms with E-state index in [1.165, 1.54) is 0 Å². The molecule has 2 aromatic carbocycles. The first-order valence-electron chi connectivity index (χ1n) is 11.0. The van der Waals surface area contributed by atoms with E-state index in [1.54, 1.807) is 11.8 Å². The van der Waals surface area contributed by atoms with Gasteiger partial charge in [-0.15, -0.1) is 11.8 Å². The van der Waals surface area contributed by atoms with E-state index in [2.05, 4.69) is 11.2 Å². The van der Waals surface area contributed by atoms with E-state index in [9.17, 15) is 9.59 Å².